The number of amides is 1. The first kappa shape index (κ1) is 11.2. The highest BCUT2D eigenvalue weighted by atomic mass is 32.2. The predicted octanol–water partition coefficient (Wildman–Crippen LogP) is -0.122. The standard InChI is InChI=1S/C10H18N2O2S/c1-7(2)10(14)4-12(5-10)9(13)8-3-15-6-11-8/h7-8,11,14H,3-6H2,1-2H3. The lowest BCUT2D eigenvalue weighted by atomic mass is 9.82. The van der Waals surface area contributed by atoms with E-state index in [1.165, 1.54) is 0 Å². The number of carbonyl (C=O) groups excluding carboxylic acids is 1. The van der Waals surface area contributed by atoms with Crippen molar-refractivity contribution in [1.82, 2.24) is 10.2 Å². The zero-order valence-corrected chi connectivity index (χ0v) is 10.0. The van der Waals surface area contributed by atoms with Crippen LogP contribution in [0.3, 0.4) is 0 Å². The van der Waals surface area contributed by atoms with Crippen LogP contribution in [0.2, 0.25) is 0 Å². The van der Waals surface area contributed by atoms with Crippen molar-refractivity contribution in [2.75, 3.05) is 24.7 Å². The Morgan fingerprint density at radius 1 is 1.60 bits per heavy atom. The summed E-state index contributed by atoms with van der Waals surface area (Å²) in [6.45, 7) is 4.97. The van der Waals surface area contributed by atoms with Crippen LogP contribution < -0.4 is 5.32 Å². The first-order valence-electron chi connectivity index (χ1n) is 5.35. The van der Waals surface area contributed by atoms with E-state index < -0.39 is 5.60 Å². The topological polar surface area (TPSA) is 52.6 Å². The van der Waals surface area contributed by atoms with Crippen LogP contribution in [-0.4, -0.2) is 52.3 Å². The zero-order chi connectivity index (χ0) is 11.1. The van der Waals surface area contributed by atoms with Crippen LogP contribution in [0, 0.1) is 5.92 Å². The molecule has 2 fully saturated rings. The molecule has 2 aliphatic heterocycles. The summed E-state index contributed by atoms with van der Waals surface area (Å²) in [5.41, 5.74) is -0.651. The van der Waals surface area contributed by atoms with Gasteiger partial charge in [-0.05, 0) is 5.92 Å². The van der Waals surface area contributed by atoms with Crippen LogP contribution in [0.4, 0.5) is 0 Å². The smallest absolute Gasteiger partial charge is 0.240 e. The summed E-state index contributed by atoms with van der Waals surface area (Å²) in [5.74, 6) is 2.08. The first-order chi connectivity index (χ1) is 7.03. The van der Waals surface area contributed by atoms with Gasteiger partial charge in [0.1, 0.15) is 5.60 Å². The number of likely N-dealkylation sites (tertiary alicyclic amines) is 1. The van der Waals surface area contributed by atoms with Crippen molar-refractivity contribution in [2.45, 2.75) is 25.5 Å². The average molecular weight is 230 g/mol. The van der Waals surface area contributed by atoms with Gasteiger partial charge < -0.3 is 10.0 Å². The maximum atomic E-state index is 11.9. The summed E-state index contributed by atoms with van der Waals surface area (Å²) in [5, 5.41) is 13.2. The van der Waals surface area contributed by atoms with Crippen LogP contribution in [0.1, 0.15) is 13.8 Å². The minimum absolute atomic E-state index is 0.0355. The highest BCUT2D eigenvalue weighted by Gasteiger charge is 2.47. The lowest BCUT2D eigenvalue weighted by molar-refractivity contribution is -0.165. The molecule has 4 nitrogen and oxygen atoms in total. The number of aliphatic hydroxyl groups is 1. The molecule has 86 valence electrons. The van der Waals surface area contributed by atoms with E-state index in [9.17, 15) is 9.90 Å². The molecule has 0 aromatic heterocycles. The van der Waals surface area contributed by atoms with Gasteiger partial charge in [-0.3, -0.25) is 10.1 Å². The van der Waals surface area contributed by atoms with Crippen molar-refractivity contribution >= 4 is 17.7 Å². The van der Waals surface area contributed by atoms with Crippen molar-refractivity contribution in [3.63, 3.8) is 0 Å². The molecule has 0 spiro atoms. The molecular formula is C10H18N2O2S. The number of rotatable bonds is 2. The Bertz CT molecular complexity index is 258. The summed E-state index contributed by atoms with van der Waals surface area (Å²) >= 11 is 1.75. The fourth-order valence-electron chi connectivity index (χ4n) is 1.91. The minimum atomic E-state index is -0.651. The van der Waals surface area contributed by atoms with Crippen LogP contribution >= 0.6 is 11.8 Å². The number of hydrogen-bond donors (Lipinski definition) is 2. The zero-order valence-electron chi connectivity index (χ0n) is 9.19. The maximum Gasteiger partial charge on any atom is 0.240 e. The monoisotopic (exact) mass is 230 g/mol. The summed E-state index contributed by atoms with van der Waals surface area (Å²) in [6.07, 6.45) is 0. The Kier molecular flexibility index (Phi) is 2.96. The number of hydrogen-bond acceptors (Lipinski definition) is 4. The molecular weight excluding hydrogens is 212 g/mol. The molecule has 2 aliphatic rings. The summed E-state index contributed by atoms with van der Waals surface area (Å²) < 4.78 is 0. The van der Waals surface area contributed by atoms with Crippen molar-refractivity contribution in [2.24, 2.45) is 5.92 Å². The fourth-order valence-corrected chi connectivity index (χ4v) is 2.84. The maximum absolute atomic E-state index is 11.9. The molecule has 1 atom stereocenters. The van der Waals surface area contributed by atoms with Gasteiger partial charge in [0.05, 0.1) is 19.1 Å². The van der Waals surface area contributed by atoms with E-state index in [4.69, 9.17) is 0 Å². The molecule has 2 N–H and O–H groups in total. The van der Waals surface area contributed by atoms with E-state index in [2.05, 4.69) is 5.32 Å². The van der Waals surface area contributed by atoms with Crippen molar-refractivity contribution < 1.29 is 9.90 Å². The molecule has 2 rings (SSSR count). The quantitative estimate of drug-likeness (QED) is 0.694. The number of β-amino-alcohol motifs (C(OH)–C–C–N with tert-alkyl or cyclic N) is 1. The fraction of sp³-hybridized carbons (Fsp3) is 0.900. The minimum Gasteiger partial charge on any atom is -0.386 e. The summed E-state index contributed by atoms with van der Waals surface area (Å²) in [7, 11) is 0. The van der Waals surface area contributed by atoms with Crippen LogP contribution in [0.25, 0.3) is 0 Å². The van der Waals surface area contributed by atoms with Crippen molar-refractivity contribution in [3.05, 3.63) is 0 Å². The van der Waals surface area contributed by atoms with Gasteiger partial charge in [0.15, 0.2) is 0 Å². The van der Waals surface area contributed by atoms with Crippen molar-refractivity contribution in [3.8, 4) is 0 Å². The second kappa shape index (κ2) is 3.96. The largest absolute Gasteiger partial charge is 0.386 e. The molecule has 0 aliphatic carbocycles. The Balaban J connectivity index is 1.86. The lowest BCUT2D eigenvalue weighted by Gasteiger charge is -2.49. The van der Waals surface area contributed by atoms with E-state index in [1.54, 1.807) is 16.7 Å². The molecule has 15 heavy (non-hydrogen) atoms. The average Bonchev–Trinajstić information content (AvgIpc) is 2.64. The van der Waals surface area contributed by atoms with Gasteiger partial charge in [0, 0.05) is 11.6 Å². The third kappa shape index (κ3) is 2.00. The van der Waals surface area contributed by atoms with E-state index in [1.807, 2.05) is 13.8 Å². The highest BCUT2D eigenvalue weighted by Crippen LogP contribution is 2.29. The van der Waals surface area contributed by atoms with Crippen LogP contribution in [0.15, 0.2) is 0 Å². The van der Waals surface area contributed by atoms with Crippen LogP contribution in [0.5, 0.6) is 0 Å². The molecule has 5 heteroatoms. The molecule has 2 heterocycles. The second-order valence-electron chi connectivity index (χ2n) is 4.72. The Hall–Kier alpha value is -0.260. The predicted molar refractivity (Wildman–Crippen MR) is 60.6 cm³/mol. The van der Waals surface area contributed by atoms with E-state index >= 15 is 0 Å². The van der Waals surface area contributed by atoms with Crippen molar-refractivity contribution in [1.29, 1.82) is 0 Å². The molecule has 0 aromatic carbocycles. The van der Waals surface area contributed by atoms with Gasteiger partial charge in [-0.1, -0.05) is 13.8 Å². The van der Waals surface area contributed by atoms with E-state index in [0.717, 1.165) is 11.6 Å². The normalized spacial score (nSPS) is 29.3. The number of carbonyl (C=O) groups is 1. The molecule has 0 radical (unpaired) electrons. The molecule has 0 saturated carbocycles. The van der Waals surface area contributed by atoms with Gasteiger partial charge in [0.25, 0.3) is 0 Å². The van der Waals surface area contributed by atoms with Crippen LogP contribution in [-0.2, 0) is 4.79 Å². The van der Waals surface area contributed by atoms with Gasteiger partial charge >= 0.3 is 0 Å². The van der Waals surface area contributed by atoms with Gasteiger partial charge in [-0.25, -0.2) is 0 Å². The molecule has 1 amide bonds. The SMILES string of the molecule is CC(C)C1(O)CN(C(=O)C2CSCN2)C1. The van der Waals surface area contributed by atoms with Gasteiger partial charge in [-0.2, -0.15) is 0 Å². The Labute approximate surface area is 94.4 Å². The number of nitrogens with zero attached hydrogens (tertiary/aromatic N) is 1. The summed E-state index contributed by atoms with van der Waals surface area (Å²) in [6, 6.07) is -0.0355. The van der Waals surface area contributed by atoms with E-state index in [0.29, 0.717) is 13.1 Å². The molecule has 1 unspecified atom stereocenters. The van der Waals surface area contributed by atoms with E-state index in [-0.39, 0.29) is 17.9 Å². The second-order valence-corrected chi connectivity index (χ2v) is 5.75. The number of thioether (sulfide) groups is 1. The Morgan fingerprint density at radius 2 is 2.27 bits per heavy atom. The van der Waals surface area contributed by atoms with Gasteiger partial charge in [-0.15, -0.1) is 11.8 Å². The third-order valence-corrected chi connectivity index (χ3v) is 4.27. The van der Waals surface area contributed by atoms with Gasteiger partial charge in [0.2, 0.25) is 5.91 Å². The summed E-state index contributed by atoms with van der Waals surface area (Å²) in [4.78, 5) is 13.6. The Morgan fingerprint density at radius 3 is 2.73 bits per heavy atom. The lowest BCUT2D eigenvalue weighted by Crippen LogP contribution is -2.68. The third-order valence-electron chi connectivity index (χ3n) is 3.33. The number of nitrogens with one attached hydrogen (secondary N) is 1. The molecule has 0 aromatic rings. The highest BCUT2D eigenvalue weighted by molar-refractivity contribution is 7.99. The molecule has 0 bridgehead atoms. The first-order valence-corrected chi connectivity index (χ1v) is 6.51. The molecule has 2 saturated heterocycles.